The van der Waals surface area contributed by atoms with Gasteiger partial charge in [-0.1, -0.05) is 36.4 Å². The molecule has 204 valence electrons. The zero-order valence-electron chi connectivity index (χ0n) is 21.3. The van der Waals surface area contributed by atoms with Gasteiger partial charge in [0, 0.05) is 30.5 Å². The topological polar surface area (TPSA) is 139 Å². The molecule has 1 atom stereocenters. The van der Waals surface area contributed by atoms with Crippen molar-refractivity contribution in [2.45, 2.75) is 25.2 Å². The highest BCUT2D eigenvalue weighted by Gasteiger charge is 2.33. The first-order valence-electron chi connectivity index (χ1n) is 12.2. The highest BCUT2D eigenvalue weighted by molar-refractivity contribution is 7.90. The fraction of sp³-hybridized carbons (Fsp3) is 0.259. The highest BCUT2D eigenvalue weighted by Crippen LogP contribution is 2.36. The van der Waals surface area contributed by atoms with Crippen LogP contribution in [0.5, 0.6) is 0 Å². The lowest BCUT2D eigenvalue weighted by molar-refractivity contribution is -0.119. The molecule has 10 nitrogen and oxygen atoms in total. The molecule has 12 heteroatoms. The summed E-state index contributed by atoms with van der Waals surface area (Å²) in [7, 11) is -4.10. The molecule has 1 fully saturated rings. The van der Waals surface area contributed by atoms with Gasteiger partial charge in [-0.2, -0.15) is 0 Å². The van der Waals surface area contributed by atoms with Crippen LogP contribution in [-0.2, 0) is 24.3 Å². The molecule has 39 heavy (non-hydrogen) atoms. The second kappa shape index (κ2) is 11.8. The van der Waals surface area contributed by atoms with Crippen LogP contribution in [0.1, 0.15) is 41.0 Å². The van der Waals surface area contributed by atoms with Gasteiger partial charge >= 0.3 is 5.97 Å². The van der Waals surface area contributed by atoms with Gasteiger partial charge in [0.15, 0.2) is 0 Å². The van der Waals surface area contributed by atoms with Gasteiger partial charge < -0.3 is 15.0 Å². The van der Waals surface area contributed by atoms with E-state index in [2.05, 4.69) is 5.32 Å². The molecule has 1 aliphatic heterocycles. The average molecular weight is 570 g/mol. The molecule has 0 unspecified atom stereocenters. The largest absolute Gasteiger partial charge is 0.462 e. The Hall–Kier alpha value is -4.03. The predicted molar refractivity (Wildman–Crippen MR) is 146 cm³/mol. The van der Waals surface area contributed by atoms with Crippen molar-refractivity contribution < 1.29 is 32.3 Å². The molecule has 0 bridgehead atoms. The Kier molecular flexibility index (Phi) is 8.46. The summed E-state index contributed by atoms with van der Waals surface area (Å²) in [5.41, 5.74) is 1.28. The average Bonchev–Trinajstić information content (AvgIpc) is 3.56. The third-order valence-electron chi connectivity index (χ3n) is 6.04. The van der Waals surface area contributed by atoms with E-state index in [0.717, 1.165) is 17.4 Å². The van der Waals surface area contributed by atoms with E-state index in [9.17, 15) is 27.6 Å². The molecular weight excluding hydrogens is 542 g/mol. The summed E-state index contributed by atoms with van der Waals surface area (Å²) in [6.07, 6.45) is 0.396. The van der Waals surface area contributed by atoms with Gasteiger partial charge in [-0.25, -0.2) is 17.9 Å². The summed E-state index contributed by atoms with van der Waals surface area (Å²) in [4.78, 5) is 52.1. The number of benzene rings is 2. The molecule has 1 saturated heterocycles. The lowest BCUT2D eigenvalue weighted by atomic mass is 10.1. The monoisotopic (exact) mass is 569 g/mol. The van der Waals surface area contributed by atoms with Gasteiger partial charge in [-0.15, -0.1) is 11.3 Å². The van der Waals surface area contributed by atoms with E-state index in [1.807, 2.05) is 35.1 Å². The lowest BCUT2D eigenvalue weighted by Crippen LogP contribution is -2.32. The second-order valence-electron chi connectivity index (χ2n) is 8.86. The van der Waals surface area contributed by atoms with Crippen LogP contribution >= 0.6 is 11.3 Å². The zero-order chi connectivity index (χ0) is 28.2. The quantitative estimate of drug-likeness (QED) is 0.396. The number of nitrogens with zero attached hydrogens (tertiary/aromatic N) is 1. The number of carbonyl (C=O) groups excluding carboxylic acids is 4. The molecule has 2 aromatic carbocycles. The number of hydrogen-bond acceptors (Lipinski definition) is 8. The SMILES string of the molecule is CCOC(=O)c1cc(-c2ccccc2)sc1NC(=O)[C@H]1CCN(C(=O)c2cccc(S(=O)(=O)NC(C)=O)c2)C1. The van der Waals surface area contributed by atoms with Crippen molar-refractivity contribution in [3.8, 4) is 10.4 Å². The summed E-state index contributed by atoms with van der Waals surface area (Å²) in [6, 6.07) is 16.5. The fourth-order valence-corrected chi connectivity index (χ4v) is 6.28. The molecule has 3 aromatic rings. The van der Waals surface area contributed by atoms with Crippen LogP contribution in [0.25, 0.3) is 10.4 Å². The van der Waals surface area contributed by atoms with Crippen molar-refractivity contribution in [2.75, 3.05) is 25.0 Å². The van der Waals surface area contributed by atoms with Gasteiger partial charge in [-0.3, -0.25) is 14.4 Å². The van der Waals surface area contributed by atoms with Crippen LogP contribution < -0.4 is 10.0 Å². The lowest BCUT2D eigenvalue weighted by Gasteiger charge is -2.17. The Bertz CT molecular complexity index is 1520. The van der Waals surface area contributed by atoms with E-state index in [4.69, 9.17) is 4.74 Å². The van der Waals surface area contributed by atoms with E-state index in [-0.39, 0.29) is 35.1 Å². The van der Waals surface area contributed by atoms with E-state index < -0.39 is 33.7 Å². The normalized spacial score (nSPS) is 15.0. The maximum Gasteiger partial charge on any atom is 0.341 e. The molecular formula is C27H27N3O7S2. The van der Waals surface area contributed by atoms with Gasteiger partial charge in [0.25, 0.3) is 15.9 Å². The zero-order valence-corrected chi connectivity index (χ0v) is 22.9. The van der Waals surface area contributed by atoms with Crippen LogP contribution in [0, 0.1) is 5.92 Å². The Labute approximate surface area is 230 Å². The second-order valence-corrected chi connectivity index (χ2v) is 11.6. The van der Waals surface area contributed by atoms with E-state index >= 15 is 0 Å². The summed E-state index contributed by atoms with van der Waals surface area (Å²) in [6.45, 7) is 3.39. The molecule has 1 aromatic heterocycles. The number of amides is 3. The summed E-state index contributed by atoms with van der Waals surface area (Å²) >= 11 is 1.27. The van der Waals surface area contributed by atoms with Gasteiger partial charge in [0.1, 0.15) is 5.00 Å². The number of hydrogen-bond donors (Lipinski definition) is 2. The third-order valence-corrected chi connectivity index (χ3v) is 8.57. The number of sulfonamides is 1. The van der Waals surface area contributed by atoms with Crippen molar-refractivity contribution in [3.05, 3.63) is 71.8 Å². The number of anilines is 1. The molecule has 0 spiro atoms. The molecule has 4 rings (SSSR count). The molecule has 2 N–H and O–H groups in total. The minimum Gasteiger partial charge on any atom is -0.462 e. The molecule has 0 radical (unpaired) electrons. The summed E-state index contributed by atoms with van der Waals surface area (Å²) < 4.78 is 31.7. The Morgan fingerprint density at radius 1 is 1.05 bits per heavy atom. The molecule has 0 saturated carbocycles. The van der Waals surface area contributed by atoms with Crippen LogP contribution in [0.15, 0.2) is 65.6 Å². The number of ether oxygens (including phenoxy) is 1. The van der Waals surface area contributed by atoms with E-state index in [1.165, 1.54) is 40.5 Å². The summed E-state index contributed by atoms with van der Waals surface area (Å²) in [5.74, 6) is -2.58. The number of esters is 1. The van der Waals surface area contributed by atoms with Crippen LogP contribution in [0.3, 0.4) is 0 Å². The van der Waals surface area contributed by atoms with Crippen LogP contribution in [0.2, 0.25) is 0 Å². The third kappa shape index (κ3) is 6.52. The maximum atomic E-state index is 13.2. The highest BCUT2D eigenvalue weighted by atomic mass is 32.2. The van der Waals surface area contributed by atoms with Gasteiger partial charge in [0.05, 0.1) is 23.0 Å². The molecule has 0 aliphatic carbocycles. The number of rotatable bonds is 8. The fourth-order valence-electron chi connectivity index (χ4n) is 4.19. The summed E-state index contributed by atoms with van der Waals surface area (Å²) in [5, 5.41) is 3.22. The number of carbonyl (C=O) groups is 4. The van der Waals surface area contributed by atoms with Crippen molar-refractivity contribution in [1.29, 1.82) is 0 Å². The van der Waals surface area contributed by atoms with Gasteiger partial charge in [0.2, 0.25) is 11.8 Å². The van der Waals surface area contributed by atoms with Crippen molar-refractivity contribution in [1.82, 2.24) is 9.62 Å². The first kappa shape index (κ1) is 28.0. The van der Waals surface area contributed by atoms with Crippen molar-refractivity contribution in [3.63, 3.8) is 0 Å². The standard InChI is InChI=1S/C27H27N3O7S2/c1-3-37-27(34)22-15-23(18-8-5-4-6-9-18)38-25(22)28-24(32)20-12-13-30(16-20)26(33)19-10-7-11-21(14-19)39(35,36)29-17(2)31/h4-11,14-15,20H,3,12-13,16H2,1-2H3,(H,28,32)(H,29,31)/t20-/m0/s1. The predicted octanol–water partition coefficient (Wildman–Crippen LogP) is 3.52. The number of thiophene rings is 1. The van der Waals surface area contributed by atoms with Crippen molar-refractivity contribution in [2.24, 2.45) is 5.92 Å². The van der Waals surface area contributed by atoms with Crippen LogP contribution in [-0.4, -0.2) is 56.7 Å². The molecule has 2 heterocycles. The maximum absolute atomic E-state index is 13.2. The minimum atomic E-state index is -4.10. The van der Waals surface area contributed by atoms with Crippen LogP contribution in [0.4, 0.5) is 5.00 Å². The van der Waals surface area contributed by atoms with E-state index in [1.54, 1.807) is 13.0 Å². The first-order valence-corrected chi connectivity index (χ1v) is 14.5. The van der Waals surface area contributed by atoms with Crippen molar-refractivity contribution >= 4 is 50.1 Å². The van der Waals surface area contributed by atoms with Gasteiger partial charge in [-0.05, 0) is 43.2 Å². The Morgan fingerprint density at radius 3 is 2.49 bits per heavy atom. The number of likely N-dealkylation sites (tertiary alicyclic amines) is 1. The molecule has 3 amide bonds. The van der Waals surface area contributed by atoms with E-state index in [0.29, 0.717) is 18.0 Å². The minimum absolute atomic E-state index is 0.123. The smallest absolute Gasteiger partial charge is 0.341 e. The number of nitrogens with one attached hydrogen (secondary N) is 2. The first-order chi connectivity index (χ1) is 18.6. The Balaban J connectivity index is 1.48. The Morgan fingerprint density at radius 2 is 1.79 bits per heavy atom. The molecule has 1 aliphatic rings.